The van der Waals surface area contributed by atoms with Crippen LogP contribution in [0.5, 0.6) is 11.5 Å². The molecule has 1 aromatic heterocycles. The number of likely N-dealkylation sites (tertiary alicyclic amines) is 1. The Kier molecular flexibility index (Phi) is 6.45. The number of ether oxygens (including phenoxy) is 2. The molecule has 2 aromatic carbocycles. The maximum Gasteiger partial charge on any atom is 0.260 e. The zero-order chi connectivity index (χ0) is 21.6. The molecule has 1 N–H and O–H groups in total. The Balaban J connectivity index is 1.23. The first-order valence-corrected chi connectivity index (χ1v) is 10.2. The van der Waals surface area contributed by atoms with Crippen LogP contribution >= 0.6 is 0 Å². The molecule has 3 aromatic rings. The summed E-state index contributed by atoms with van der Waals surface area (Å²) in [7, 11) is 0. The second kappa shape index (κ2) is 9.59. The van der Waals surface area contributed by atoms with E-state index in [1.165, 1.54) is 36.4 Å². The van der Waals surface area contributed by atoms with E-state index in [-0.39, 0.29) is 30.1 Å². The van der Waals surface area contributed by atoms with Crippen molar-refractivity contribution in [1.29, 1.82) is 0 Å². The molecule has 2 heterocycles. The lowest BCUT2D eigenvalue weighted by Gasteiger charge is -2.16. The molecular weight excluding hydrogens is 404 g/mol. The molecule has 1 saturated heterocycles. The molecule has 1 aliphatic heterocycles. The van der Waals surface area contributed by atoms with E-state index in [0.29, 0.717) is 37.6 Å². The van der Waals surface area contributed by atoms with Gasteiger partial charge in [-0.25, -0.2) is 8.78 Å². The first kappa shape index (κ1) is 20.8. The summed E-state index contributed by atoms with van der Waals surface area (Å²) in [4.78, 5) is 14.2. The van der Waals surface area contributed by atoms with Gasteiger partial charge in [0, 0.05) is 37.2 Å². The number of rotatable bonds is 8. The van der Waals surface area contributed by atoms with Gasteiger partial charge in [-0.1, -0.05) is 6.07 Å². The molecule has 0 radical (unpaired) electrons. The molecule has 1 atom stereocenters. The van der Waals surface area contributed by atoms with Crippen molar-refractivity contribution in [3.63, 3.8) is 0 Å². The summed E-state index contributed by atoms with van der Waals surface area (Å²) in [6.07, 6.45) is 1.44. The molecule has 31 heavy (non-hydrogen) atoms. The minimum Gasteiger partial charge on any atom is -0.493 e. The van der Waals surface area contributed by atoms with Crippen LogP contribution in [0.25, 0.3) is 0 Å². The molecule has 162 valence electrons. The Morgan fingerprint density at radius 2 is 1.90 bits per heavy atom. The zero-order valence-electron chi connectivity index (χ0n) is 16.9. The number of amides is 1. The fourth-order valence-electron chi connectivity index (χ4n) is 3.55. The third kappa shape index (κ3) is 5.59. The Morgan fingerprint density at radius 1 is 1.06 bits per heavy atom. The summed E-state index contributed by atoms with van der Waals surface area (Å²) in [5.41, 5.74) is 1.84. The van der Waals surface area contributed by atoms with Gasteiger partial charge in [0.25, 0.3) is 5.91 Å². The molecule has 0 spiro atoms. The standard InChI is InChI=1S/C23H23F2N3O3/c24-17-4-6-20(7-5-17)31-15-23(29)28-10-8-16(14-28)22-13-19(26-27-22)9-11-30-21-3-1-2-18(25)12-21/h1-7,12-13,16H,8-11,14-15H2,(H,26,27)/t16-/m1/s1. The average molecular weight is 427 g/mol. The van der Waals surface area contributed by atoms with Gasteiger partial charge in [-0.2, -0.15) is 5.10 Å². The number of H-pyrrole nitrogens is 1. The van der Waals surface area contributed by atoms with Gasteiger partial charge in [-0.05, 0) is 48.9 Å². The molecule has 6 nitrogen and oxygen atoms in total. The summed E-state index contributed by atoms with van der Waals surface area (Å²) < 4.78 is 37.1. The number of hydrogen-bond acceptors (Lipinski definition) is 4. The predicted octanol–water partition coefficient (Wildman–Crippen LogP) is 3.70. The van der Waals surface area contributed by atoms with Gasteiger partial charge in [0.05, 0.1) is 12.3 Å². The van der Waals surface area contributed by atoms with Crippen LogP contribution in [0.3, 0.4) is 0 Å². The topological polar surface area (TPSA) is 67.4 Å². The number of benzene rings is 2. The van der Waals surface area contributed by atoms with Crippen molar-refractivity contribution in [3.8, 4) is 11.5 Å². The second-order valence-corrected chi connectivity index (χ2v) is 7.44. The maximum absolute atomic E-state index is 13.2. The summed E-state index contributed by atoms with van der Waals surface area (Å²) in [5.74, 6) is 0.329. The molecule has 0 aliphatic carbocycles. The summed E-state index contributed by atoms with van der Waals surface area (Å²) >= 11 is 0. The molecule has 8 heteroatoms. The van der Waals surface area contributed by atoms with E-state index in [1.807, 2.05) is 6.07 Å². The molecule has 1 fully saturated rings. The highest BCUT2D eigenvalue weighted by Gasteiger charge is 2.29. The largest absolute Gasteiger partial charge is 0.493 e. The summed E-state index contributed by atoms with van der Waals surface area (Å²) in [5, 5.41) is 7.40. The number of carbonyl (C=O) groups excluding carboxylic acids is 1. The Bertz CT molecular complexity index is 1020. The molecule has 1 aliphatic rings. The lowest BCUT2D eigenvalue weighted by molar-refractivity contribution is -0.132. The normalized spacial score (nSPS) is 15.8. The van der Waals surface area contributed by atoms with Gasteiger partial charge in [0.2, 0.25) is 0 Å². The zero-order valence-corrected chi connectivity index (χ0v) is 16.9. The molecule has 1 amide bonds. The molecular formula is C23H23F2N3O3. The van der Waals surface area contributed by atoms with Crippen molar-refractivity contribution in [2.45, 2.75) is 18.8 Å². The van der Waals surface area contributed by atoms with Crippen LogP contribution in [-0.4, -0.2) is 47.3 Å². The van der Waals surface area contributed by atoms with Crippen molar-refractivity contribution in [3.05, 3.63) is 77.6 Å². The van der Waals surface area contributed by atoms with Crippen LogP contribution in [0, 0.1) is 11.6 Å². The number of aromatic nitrogens is 2. The minimum atomic E-state index is -0.347. The highest BCUT2D eigenvalue weighted by Crippen LogP contribution is 2.26. The SMILES string of the molecule is O=C(COc1ccc(F)cc1)N1CC[C@@H](c2cc(CCOc3cccc(F)c3)[nH]n2)C1. The van der Waals surface area contributed by atoms with E-state index in [2.05, 4.69) is 10.2 Å². The summed E-state index contributed by atoms with van der Waals surface area (Å²) in [6, 6.07) is 13.6. The lowest BCUT2D eigenvalue weighted by Crippen LogP contribution is -2.32. The van der Waals surface area contributed by atoms with Crippen LogP contribution in [-0.2, 0) is 11.2 Å². The van der Waals surface area contributed by atoms with Crippen molar-refractivity contribution < 1.29 is 23.0 Å². The van der Waals surface area contributed by atoms with E-state index >= 15 is 0 Å². The average Bonchev–Trinajstić information content (AvgIpc) is 3.43. The van der Waals surface area contributed by atoms with Gasteiger partial charge in [-0.15, -0.1) is 0 Å². The Morgan fingerprint density at radius 3 is 2.71 bits per heavy atom. The van der Waals surface area contributed by atoms with Crippen molar-refractivity contribution in [2.75, 3.05) is 26.3 Å². The monoisotopic (exact) mass is 427 g/mol. The molecule has 0 bridgehead atoms. The number of hydrogen-bond donors (Lipinski definition) is 1. The molecule has 0 saturated carbocycles. The van der Waals surface area contributed by atoms with Crippen LogP contribution in [0.2, 0.25) is 0 Å². The second-order valence-electron chi connectivity index (χ2n) is 7.44. The van der Waals surface area contributed by atoms with Crippen molar-refractivity contribution >= 4 is 5.91 Å². The summed E-state index contributed by atoms with van der Waals surface area (Å²) in [6.45, 7) is 1.54. The van der Waals surface area contributed by atoms with Crippen LogP contribution in [0.1, 0.15) is 23.7 Å². The number of aromatic amines is 1. The van der Waals surface area contributed by atoms with Crippen LogP contribution in [0.4, 0.5) is 8.78 Å². The van der Waals surface area contributed by atoms with Gasteiger partial charge in [0.1, 0.15) is 23.1 Å². The number of nitrogens with one attached hydrogen (secondary N) is 1. The van der Waals surface area contributed by atoms with Crippen LogP contribution < -0.4 is 9.47 Å². The van der Waals surface area contributed by atoms with Crippen molar-refractivity contribution in [1.82, 2.24) is 15.1 Å². The molecule has 0 unspecified atom stereocenters. The Labute approximate surface area is 178 Å². The Hall–Kier alpha value is -3.42. The first-order valence-electron chi connectivity index (χ1n) is 10.2. The van der Waals surface area contributed by atoms with Gasteiger partial charge in [-0.3, -0.25) is 9.89 Å². The van der Waals surface area contributed by atoms with E-state index < -0.39 is 0 Å². The number of nitrogens with zero attached hydrogens (tertiary/aromatic N) is 2. The maximum atomic E-state index is 13.2. The fourth-order valence-corrected chi connectivity index (χ4v) is 3.55. The van der Waals surface area contributed by atoms with E-state index in [1.54, 1.807) is 17.0 Å². The van der Waals surface area contributed by atoms with E-state index in [9.17, 15) is 13.6 Å². The number of carbonyl (C=O) groups is 1. The van der Waals surface area contributed by atoms with Crippen molar-refractivity contribution in [2.24, 2.45) is 0 Å². The smallest absolute Gasteiger partial charge is 0.260 e. The predicted molar refractivity (Wildman–Crippen MR) is 110 cm³/mol. The third-order valence-electron chi connectivity index (χ3n) is 5.22. The number of halogens is 2. The fraction of sp³-hybridized carbons (Fsp3) is 0.304. The highest BCUT2D eigenvalue weighted by atomic mass is 19.1. The minimum absolute atomic E-state index is 0.0818. The highest BCUT2D eigenvalue weighted by molar-refractivity contribution is 5.78. The molecule has 4 rings (SSSR count). The van der Waals surface area contributed by atoms with Gasteiger partial charge in [0.15, 0.2) is 6.61 Å². The first-order chi connectivity index (χ1) is 15.1. The van der Waals surface area contributed by atoms with Gasteiger partial charge >= 0.3 is 0 Å². The van der Waals surface area contributed by atoms with Gasteiger partial charge < -0.3 is 14.4 Å². The lowest BCUT2D eigenvalue weighted by atomic mass is 10.0. The van der Waals surface area contributed by atoms with Crippen LogP contribution in [0.15, 0.2) is 54.6 Å². The van der Waals surface area contributed by atoms with E-state index in [0.717, 1.165) is 17.8 Å². The van der Waals surface area contributed by atoms with E-state index in [4.69, 9.17) is 9.47 Å². The quantitative estimate of drug-likeness (QED) is 0.595. The third-order valence-corrected chi connectivity index (χ3v) is 5.22.